The third-order valence-corrected chi connectivity index (χ3v) is 5.85. The first-order chi connectivity index (χ1) is 15.5. The van der Waals surface area contributed by atoms with Gasteiger partial charge in [-0.1, -0.05) is 23.7 Å². The molecule has 10 nitrogen and oxygen atoms in total. The number of aromatic nitrogens is 1. The van der Waals surface area contributed by atoms with Crippen LogP contribution in [0.1, 0.15) is 55.3 Å². The van der Waals surface area contributed by atoms with Crippen molar-refractivity contribution in [3.05, 3.63) is 17.5 Å². The third-order valence-electron chi connectivity index (χ3n) is 5.66. The number of alkyl halides is 4. The quantitative estimate of drug-likeness (QED) is 0.352. The summed E-state index contributed by atoms with van der Waals surface area (Å²) in [5, 5.41) is 8.86. The number of hydrogen-bond donors (Lipinski definition) is 3. The molecule has 0 spiro atoms. The van der Waals surface area contributed by atoms with Gasteiger partial charge in [0.1, 0.15) is 6.04 Å². The molecule has 1 aliphatic heterocycles. The fourth-order valence-electron chi connectivity index (χ4n) is 3.41. The second-order valence-corrected chi connectivity index (χ2v) is 8.84. The summed E-state index contributed by atoms with van der Waals surface area (Å²) < 4.78 is 43.3. The number of nitrogens with one attached hydrogen (secondary N) is 3. The van der Waals surface area contributed by atoms with Gasteiger partial charge in [0.25, 0.3) is 29.8 Å². The van der Waals surface area contributed by atoms with Crippen LogP contribution in [0.4, 0.5) is 13.2 Å². The van der Waals surface area contributed by atoms with Gasteiger partial charge in [0.05, 0.1) is 12.5 Å². The lowest BCUT2D eigenvalue weighted by molar-refractivity contribution is -0.145. The van der Waals surface area contributed by atoms with Crippen LogP contribution in [-0.4, -0.2) is 58.6 Å². The Labute approximate surface area is 191 Å². The number of nitrogens with zero attached hydrogens (tertiary/aromatic N) is 2. The van der Waals surface area contributed by atoms with E-state index >= 15 is 0 Å². The number of halogens is 4. The molecule has 2 heterocycles. The SMILES string of the molecule is CC1(C[C@H](NC(=O)c2cc(C(F)F)on2)C(=O)NN(C[C@@H]2CCNC2=O)C(=O)[C@H](F)Cl)CC1. The van der Waals surface area contributed by atoms with Gasteiger partial charge in [0.15, 0.2) is 5.69 Å². The molecule has 1 aromatic heterocycles. The average Bonchev–Trinajstić information content (AvgIpc) is 3.13. The zero-order chi connectivity index (χ0) is 24.3. The summed E-state index contributed by atoms with van der Waals surface area (Å²) in [7, 11) is 0. The zero-order valence-corrected chi connectivity index (χ0v) is 18.3. The van der Waals surface area contributed by atoms with Crippen molar-refractivity contribution in [2.45, 2.75) is 50.7 Å². The maximum absolute atomic E-state index is 13.5. The third kappa shape index (κ3) is 6.36. The minimum absolute atomic E-state index is 0.163. The fraction of sp³-hybridized carbons (Fsp3) is 0.632. The van der Waals surface area contributed by atoms with Crippen LogP contribution in [0.15, 0.2) is 10.6 Å². The van der Waals surface area contributed by atoms with E-state index in [9.17, 15) is 32.3 Å². The number of rotatable bonds is 9. The van der Waals surface area contributed by atoms with E-state index in [2.05, 4.69) is 25.7 Å². The summed E-state index contributed by atoms with van der Waals surface area (Å²) in [6.07, 6.45) is -0.874. The molecule has 1 aliphatic carbocycles. The molecule has 4 amide bonds. The molecule has 0 radical (unpaired) electrons. The Morgan fingerprint density at radius 1 is 1.36 bits per heavy atom. The Bertz CT molecular complexity index is 923. The van der Waals surface area contributed by atoms with Crippen molar-refractivity contribution >= 4 is 35.2 Å². The van der Waals surface area contributed by atoms with Crippen molar-refractivity contribution < 1.29 is 36.9 Å². The Hall–Kier alpha value is -2.83. The second-order valence-electron chi connectivity index (χ2n) is 8.46. The van der Waals surface area contributed by atoms with Crippen LogP contribution in [0.2, 0.25) is 0 Å². The molecule has 2 aliphatic rings. The van der Waals surface area contributed by atoms with E-state index in [-0.39, 0.29) is 24.3 Å². The van der Waals surface area contributed by atoms with Gasteiger partial charge in [-0.15, -0.1) is 0 Å². The first-order valence-corrected chi connectivity index (χ1v) is 10.7. The predicted molar refractivity (Wildman–Crippen MR) is 106 cm³/mol. The monoisotopic (exact) mass is 493 g/mol. The van der Waals surface area contributed by atoms with Crippen LogP contribution >= 0.6 is 11.6 Å². The number of hydrogen-bond acceptors (Lipinski definition) is 6. The summed E-state index contributed by atoms with van der Waals surface area (Å²) in [4.78, 5) is 49.5. The van der Waals surface area contributed by atoms with Crippen molar-refractivity contribution in [1.29, 1.82) is 0 Å². The lowest BCUT2D eigenvalue weighted by Gasteiger charge is -2.28. The second kappa shape index (κ2) is 9.98. The van der Waals surface area contributed by atoms with Gasteiger partial charge < -0.3 is 15.2 Å². The van der Waals surface area contributed by atoms with E-state index in [1.165, 1.54) is 0 Å². The molecule has 1 saturated heterocycles. The van der Waals surface area contributed by atoms with Crippen LogP contribution in [0.5, 0.6) is 0 Å². The molecule has 1 saturated carbocycles. The summed E-state index contributed by atoms with van der Waals surface area (Å²) in [5.41, 5.74) is -0.944. The number of amides is 4. The fourth-order valence-corrected chi connectivity index (χ4v) is 3.53. The number of hydrazine groups is 1. The largest absolute Gasteiger partial charge is 0.356 e. The van der Waals surface area contributed by atoms with Crippen molar-refractivity contribution in [3.8, 4) is 0 Å². The lowest BCUT2D eigenvalue weighted by Crippen LogP contribution is -2.57. The Morgan fingerprint density at radius 3 is 2.58 bits per heavy atom. The summed E-state index contributed by atoms with van der Waals surface area (Å²) in [6.45, 7) is 1.93. The molecule has 0 unspecified atom stereocenters. The molecule has 3 atom stereocenters. The van der Waals surface area contributed by atoms with E-state index in [4.69, 9.17) is 11.6 Å². The van der Waals surface area contributed by atoms with E-state index in [1.54, 1.807) is 0 Å². The van der Waals surface area contributed by atoms with E-state index in [0.29, 0.717) is 18.0 Å². The molecular formula is C19H23ClF3N5O5. The number of carbonyl (C=O) groups is 4. The predicted octanol–water partition coefficient (Wildman–Crippen LogP) is 1.43. The molecule has 33 heavy (non-hydrogen) atoms. The maximum Gasteiger partial charge on any atom is 0.298 e. The van der Waals surface area contributed by atoms with Crippen molar-refractivity contribution in [2.75, 3.05) is 13.1 Å². The summed E-state index contributed by atoms with van der Waals surface area (Å²) >= 11 is 5.26. The smallest absolute Gasteiger partial charge is 0.298 e. The molecule has 182 valence electrons. The van der Waals surface area contributed by atoms with Crippen molar-refractivity contribution in [3.63, 3.8) is 0 Å². The van der Waals surface area contributed by atoms with Crippen molar-refractivity contribution in [2.24, 2.45) is 11.3 Å². The maximum atomic E-state index is 13.5. The highest BCUT2D eigenvalue weighted by atomic mass is 35.5. The Kier molecular flexibility index (Phi) is 7.50. The molecule has 3 rings (SSSR count). The van der Waals surface area contributed by atoms with Gasteiger partial charge in [-0.3, -0.25) is 24.6 Å². The van der Waals surface area contributed by atoms with Crippen LogP contribution in [0.25, 0.3) is 0 Å². The average molecular weight is 494 g/mol. The van der Waals surface area contributed by atoms with E-state index in [1.807, 2.05) is 6.92 Å². The van der Waals surface area contributed by atoms with Gasteiger partial charge in [0.2, 0.25) is 11.7 Å². The summed E-state index contributed by atoms with van der Waals surface area (Å²) in [6, 6.07) is -0.457. The highest BCUT2D eigenvalue weighted by molar-refractivity contribution is 6.29. The van der Waals surface area contributed by atoms with Gasteiger partial charge >= 0.3 is 0 Å². The van der Waals surface area contributed by atoms with Crippen LogP contribution in [0, 0.1) is 11.3 Å². The van der Waals surface area contributed by atoms with Gasteiger partial charge in [-0.05, 0) is 31.1 Å². The first-order valence-electron chi connectivity index (χ1n) is 10.2. The zero-order valence-electron chi connectivity index (χ0n) is 17.6. The molecular weight excluding hydrogens is 471 g/mol. The van der Waals surface area contributed by atoms with Gasteiger partial charge in [0, 0.05) is 12.6 Å². The van der Waals surface area contributed by atoms with Gasteiger partial charge in [-0.25, -0.2) is 18.2 Å². The van der Waals surface area contributed by atoms with E-state index < -0.39 is 53.2 Å². The van der Waals surface area contributed by atoms with Gasteiger partial charge in [-0.2, -0.15) is 0 Å². The normalized spacial score (nSPS) is 20.7. The standard InChI is InChI=1S/C19H23ClF3N5O5/c1-19(3-4-19)7-11(25-16(30)10-6-12(14(22)23)33-27-10)17(31)26-28(18(32)13(20)21)8-9-2-5-24-15(9)29/h6,9,11,13-14H,2-5,7-8H2,1H3,(H,24,29)(H,25,30)(H,26,31)/t9-,11-,13-/m0/s1. The lowest BCUT2D eigenvalue weighted by atomic mass is 9.98. The molecule has 0 bridgehead atoms. The van der Waals surface area contributed by atoms with Crippen LogP contribution in [0.3, 0.4) is 0 Å². The number of carbonyl (C=O) groups excluding carboxylic acids is 4. The van der Waals surface area contributed by atoms with Crippen LogP contribution in [-0.2, 0) is 14.4 Å². The minimum Gasteiger partial charge on any atom is -0.356 e. The van der Waals surface area contributed by atoms with E-state index in [0.717, 1.165) is 18.9 Å². The highest BCUT2D eigenvalue weighted by Crippen LogP contribution is 2.48. The minimum atomic E-state index is -2.97. The Balaban J connectivity index is 1.73. The highest BCUT2D eigenvalue weighted by Gasteiger charge is 2.42. The topological polar surface area (TPSA) is 134 Å². The molecule has 3 N–H and O–H groups in total. The molecule has 2 fully saturated rings. The van der Waals surface area contributed by atoms with Crippen LogP contribution < -0.4 is 16.1 Å². The molecule has 14 heteroatoms. The first kappa shape index (κ1) is 24.8. The molecule has 1 aromatic rings. The summed E-state index contributed by atoms with van der Waals surface area (Å²) in [5.74, 6) is -4.92. The Morgan fingerprint density at radius 2 is 2.06 bits per heavy atom. The molecule has 0 aromatic carbocycles. The van der Waals surface area contributed by atoms with Crippen molar-refractivity contribution in [1.82, 2.24) is 26.2 Å².